The first-order valence-corrected chi connectivity index (χ1v) is 7.10. The second-order valence-electron chi connectivity index (χ2n) is 4.83. The highest BCUT2D eigenvalue weighted by Crippen LogP contribution is 2.34. The maximum absolute atomic E-state index is 6.08. The number of hydrogen-bond acceptors (Lipinski definition) is 4. The lowest BCUT2D eigenvalue weighted by Crippen LogP contribution is -2.28. The van der Waals surface area contributed by atoms with Crippen LogP contribution < -0.4 is 5.73 Å². The van der Waals surface area contributed by atoms with Crippen LogP contribution in [0.1, 0.15) is 18.9 Å². The molecule has 0 aliphatic heterocycles. The Morgan fingerprint density at radius 2 is 2.16 bits per heavy atom. The molecule has 2 heterocycles. The molecule has 4 nitrogen and oxygen atoms in total. The van der Waals surface area contributed by atoms with Gasteiger partial charge in [-0.15, -0.1) is 11.3 Å². The van der Waals surface area contributed by atoms with Gasteiger partial charge in [-0.3, -0.25) is 4.57 Å². The zero-order valence-electron chi connectivity index (χ0n) is 10.6. The van der Waals surface area contributed by atoms with Crippen molar-refractivity contribution in [2.45, 2.75) is 19.4 Å². The molecular formula is C13H13ClN4S. The molecule has 1 aromatic carbocycles. The highest BCUT2D eigenvalue weighted by molar-refractivity contribution is 7.09. The van der Waals surface area contributed by atoms with Gasteiger partial charge in [-0.25, -0.2) is 9.97 Å². The summed E-state index contributed by atoms with van der Waals surface area (Å²) in [7, 11) is 0. The van der Waals surface area contributed by atoms with Gasteiger partial charge in [-0.05, 0) is 32.0 Å². The minimum atomic E-state index is -0.346. The first-order valence-electron chi connectivity index (χ1n) is 5.84. The molecular weight excluding hydrogens is 280 g/mol. The Morgan fingerprint density at radius 1 is 1.37 bits per heavy atom. The smallest absolute Gasteiger partial charge is 0.202 e. The van der Waals surface area contributed by atoms with Crippen LogP contribution in [0.25, 0.3) is 11.0 Å². The molecule has 98 valence electrons. The number of imidazole rings is 1. The van der Waals surface area contributed by atoms with Gasteiger partial charge in [0.2, 0.25) is 5.95 Å². The predicted molar refractivity (Wildman–Crippen MR) is 79.7 cm³/mol. The van der Waals surface area contributed by atoms with Crippen LogP contribution in [-0.4, -0.2) is 14.5 Å². The van der Waals surface area contributed by atoms with Crippen LogP contribution in [-0.2, 0) is 5.54 Å². The van der Waals surface area contributed by atoms with Crippen molar-refractivity contribution in [3.05, 3.63) is 39.8 Å². The normalized spacial score (nSPS) is 12.2. The number of halogens is 1. The number of nitrogens with zero attached hydrogens (tertiary/aromatic N) is 3. The van der Waals surface area contributed by atoms with Crippen LogP contribution >= 0.6 is 22.9 Å². The van der Waals surface area contributed by atoms with Crippen LogP contribution in [0.15, 0.2) is 29.8 Å². The average molecular weight is 293 g/mol. The van der Waals surface area contributed by atoms with Crippen LogP contribution in [0.2, 0.25) is 5.02 Å². The summed E-state index contributed by atoms with van der Waals surface area (Å²) in [4.78, 5) is 8.78. The maximum Gasteiger partial charge on any atom is 0.202 e. The fourth-order valence-corrected chi connectivity index (χ4v) is 3.20. The molecule has 2 N–H and O–H groups in total. The predicted octanol–water partition coefficient (Wildman–Crippen LogP) is 3.51. The summed E-state index contributed by atoms with van der Waals surface area (Å²) >= 11 is 7.60. The fourth-order valence-electron chi connectivity index (χ4n) is 2.28. The zero-order valence-corrected chi connectivity index (χ0v) is 12.2. The van der Waals surface area contributed by atoms with E-state index in [0.29, 0.717) is 11.0 Å². The number of nitrogens with two attached hydrogens (primary N) is 1. The number of aromatic nitrogens is 3. The zero-order chi connectivity index (χ0) is 13.6. The van der Waals surface area contributed by atoms with Gasteiger partial charge in [0.25, 0.3) is 0 Å². The van der Waals surface area contributed by atoms with Gasteiger partial charge in [-0.1, -0.05) is 11.6 Å². The lowest BCUT2D eigenvalue weighted by atomic mass is 10.1. The second kappa shape index (κ2) is 4.21. The van der Waals surface area contributed by atoms with Gasteiger partial charge < -0.3 is 5.73 Å². The van der Waals surface area contributed by atoms with Crippen LogP contribution in [0, 0.1) is 0 Å². The van der Waals surface area contributed by atoms with E-state index in [1.165, 1.54) is 0 Å². The Balaban J connectivity index is 2.28. The van der Waals surface area contributed by atoms with E-state index < -0.39 is 0 Å². The average Bonchev–Trinajstić information content (AvgIpc) is 2.94. The fraction of sp³-hybridized carbons (Fsp3) is 0.231. The maximum atomic E-state index is 6.08. The van der Waals surface area contributed by atoms with Crippen LogP contribution in [0.4, 0.5) is 5.95 Å². The van der Waals surface area contributed by atoms with Crippen molar-refractivity contribution in [1.29, 1.82) is 0 Å². The van der Waals surface area contributed by atoms with Crippen molar-refractivity contribution in [2.75, 3.05) is 5.73 Å². The number of anilines is 1. The van der Waals surface area contributed by atoms with Gasteiger partial charge in [0.15, 0.2) is 0 Å². The molecule has 0 aliphatic rings. The third kappa shape index (κ3) is 1.89. The van der Waals surface area contributed by atoms with Crippen molar-refractivity contribution in [1.82, 2.24) is 14.5 Å². The van der Waals surface area contributed by atoms with Gasteiger partial charge in [0.1, 0.15) is 5.01 Å². The Bertz CT molecular complexity index is 731. The molecule has 0 amide bonds. The van der Waals surface area contributed by atoms with Crippen LogP contribution in [0.3, 0.4) is 0 Å². The Morgan fingerprint density at radius 3 is 2.84 bits per heavy atom. The van der Waals surface area contributed by atoms with Gasteiger partial charge in [-0.2, -0.15) is 0 Å². The van der Waals surface area contributed by atoms with Gasteiger partial charge >= 0.3 is 0 Å². The molecule has 0 aliphatic carbocycles. The molecule has 0 unspecified atom stereocenters. The van der Waals surface area contributed by atoms with E-state index in [1.54, 1.807) is 17.5 Å². The topological polar surface area (TPSA) is 56.7 Å². The van der Waals surface area contributed by atoms with E-state index in [4.69, 9.17) is 17.3 Å². The van der Waals surface area contributed by atoms with Crippen molar-refractivity contribution < 1.29 is 0 Å². The quantitative estimate of drug-likeness (QED) is 0.786. The molecule has 0 radical (unpaired) electrons. The molecule has 0 atom stereocenters. The summed E-state index contributed by atoms with van der Waals surface area (Å²) < 4.78 is 2.00. The molecule has 6 heteroatoms. The highest BCUT2D eigenvalue weighted by Gasteiger charge is 2.29. The number of rotatable bonds is 2. The van der Waals surface area contributed by atoms with E-state index in [9.17, 15) is 0 Å². The molecule has 3 aromatic rings. The van der Waals surface area contributed by atoms with E-state index in [1.807, 2.05) is 28.1 Å². The molecule has 0 saturated heterocycles. The summed E-state index contributed by atoms with van der Waals surface area (Å²) in [5.74, 6) is 0.470. The van der Waals surface area contributed by atoms with Crippen molar-refractivity contribution in [2.24, 2.45) is 0 Å². The summed E-state index contributed by atoms with van der Waals surface area (Å²) in [6.45, 7) is 4.16. The first kappa shape index (κ1) is 12.4. The van der Waals surface area contributed by atoms with Crippen molar-refractivity contribution >= 4 is 39.9 Å². The Kier molecular flexibility index (Phi) is 2.76. The summed E-state index contributed by atoms with van der Waals surface area (Å²) in [6.07, 6.45) is 1.80. The SMILES string of the molecule is CC(C)(c1nccs1)n1c(N)nc2cc(Cl)ccc21. The monoisotopic (exact) mass is 292 g/mol. The molecule has 2 aromatic heterocycles. The molecule has 0 spiro atoms. The van der Waals surface area contributed by atoms with Gasteiger partial charge in [0, 0.05) is 16.6 Å². The number of hydrogen-bond donors (Lipinski definition) is 1. The summed E-state index contributed by atoms with van der Waals surface area (Å²) in [6, 6.07) is 5.61. The largest absolute Gasteiger partial charge is 0.369 e. The number of fused-ring (bicyclic) bond motifs is 1. The number of nitrogen functional groups attached to an aromatic ring is 1. The standard InChI is InChI=1S/C13H13ClN4S/c1-13(2,11-16-5-6-19-11)18-10-4-3-8(14)7-9(10)17-12(18)15/h3-7H,1-2H3,(H2,15,17). The highest BCUT2D eigenvalue weighted by atomic mass is 35.5. The minimum Gasteiger partial charge on any atom is -0.369 e. The van der Waals surface area contributed by atoms with Crippen LogP contribution in [0.5, 0.6) is 0 Å². The van der Waals surface area contributed by atoms with Gasteiger partial charge in [0.05, 0.1) is 16.6 Å². The molecule has 3 rings (SSSR count). The van der Waals surface area contributed by atoms with E-state index in [-0.39, 0.29) is 5.54 Å². The van der Waals surface area contributed by atoms with E-state index in [2.05, 4.69) is 23.8 Å². The lowest BCUT2D eigenvalue weighted by molar-refractivity contribution is 0.452. The van der Waals surface area contributed by atoms with E-state index in [0.717, 1.165) is 16.0 Å². The van der Waals surface area contributed by atoms with Crippen molar-refractivity contribution in [3.63, 3.8) is 0 Å². The second-order valence-corrected chi connectivity index (χ2v) is 6.17. The summed E-state index contributed by atoms with van der Waals surface area (Å²) in [5, 5.41) is 3.61. The Labute approximate surface area is 119 Å². The Hall–Kier alpha value is -1.59. The molecule has 0 bridgehead atoms. The summed E-state index contributed by atoms with van der Waals surface area (Å²) in [5.41, 5.74) is 7.50. The lowest BCUT2D eigenvalue weighted by Gasteiger charge is -2.26. The number of thiazole rings is 1. The number of benzene rings is 1. The third-order valence-corrected chi connectivity index (χ3v) is 4.48. The molecule has 19 heavy (non-hydrogen) atoms. The minimum absolute atomic E-state index is 0.346. The van der Waals surface area contributed by atoms with E-state index >= 15 is 0 Å². The molecule has 0 saturated carbocycles. The first-order chi connectivity index (χ1) is 9.00. The molecule has 0 fully saturated rings. The van der Waals surface area contributed by atoms with Crippen molar-refractivity contribution in [3.8, 4) is 0 Å². The third-order valence-electron chi connectivity index (χ3n) is 3.16.